The fourth-order valence-electron chi connectivity index (χ4n) is 2.07. The quantitative estimate of drug-likeness (QED) is 0.923. The van der Waals surface area contributed by atoms with Gasteiger partial charge in [0.25, 0.3) is 0 Å². The summed E-state index contributed by atoms with van der Waals surface area (Å²) in [6, 6.07) is 9.24. The second-order valence-corrected chi connectivity index (χ2v) is 5.11. The van der Waals surface area contributed by atoms with E-state index in [1.807, 2.05) is 0 Å². The van der Waals surface area contributed by atoms with Gasteiger partial charge in [-0.05, 0) is 37.7 Å². The molecule has 2 rings (SSSR count). The maximum atomic E-state index is 3.50. The molecule has 0 spiro atoms. The number of nitrogens with zero attached hydrogens (tertiary/aromatic N) is 1. The molecule has 16 heavy (non-hydrogen) atoms. The summed E-state index contributed by atoms with van der Waals surface area (Å²) in [7, 11) is 2.21. The molecule has 1 aliphatic heterocycles. The Balaban J connectivity index is 0.00000128. The highest BCUT2D eigenvalue weighted by Gasteiger charge is 2.18. The minimum Gasteiger partial charge on any atom is -0.315 e. The minimum atomic E-state index is 0. The van der Waals surface area contributed by atoms with Crippen molar-refractivity contribution in [1.82, 2.24) is 10.2 Å². The van der Waals surface area contributed by atoms with Gasteiger partial charge in [0.05, 0.1) is 0 Å². The first kappa shape index (κ1) is 14.0. The molecule has 1 saturated heterocycles. The van der Waals surface area contributed by atoms with Crippen molar-refractivity contribution in [1.29, 1.82) is 0 Å². The number of halogens is 2. The molecule has 1 fully saturated rings. The van der Waals surface area contributed by atoms with Crippen LogP contribution in [-0.4, -0.2) is 31.1 Å². The number of likely N-dealkylation sites (N-methyl/N-ethyl adjacent to an activating group) is 1. The van der Waals surface area contributed by atoms with E-state index in [4.69, 9.17) is 0 Å². The summed E-state index contributed by atoms with van der Waals surface area (Å²) in [5, 5.41) is 3.40. The zero-order valence-corrected chi connectivity index (χ0v) is 11.9. The summed E-state index contributed by atoms with van der Waals surface area (Å²) in [5.41, 5.74) is 1.37. The van der Waals surface area contributed by atoms with Gasteiger partial charge in [0.15, 0.2) is 0 Å². The molecule has 90 valence electrons. The van der Waals surface area contributed by atoms with Gasteiger partial charge in [0.2, 0.25) is 0 Å². The van der Waals surface area contributed by atoms with Gasteiger partial charge in [-0.15, -0.1) is 12.4 Å². The van der Waals surface area contributed by atoms with E-state index in [2.05, 4.69) is 57.5 Å². The van der Waals surface area contributed by atoms with E-state index in [9.17, 15) is 0 Å². The van der Waals surface area contributed by atoms with Crippen LogP contribution in [-0.2, 0) is 6.54 Å². The van der Waals surface area contributed by atoms with Gasteiger partial charge < -0.3 is 5.32 Å². The van der Waals surface area contributed by atoms with E-state index >= 15 is 0 Å². The molecule has 1 atom stereocenters. The minimum absolute atomic E-state index is 0. The fraction of sp³-hybridized carbons (Fsp3) is 0.500. The Labute approximate surface area is 112 Å². The molecule has 0 saturated carbocycles. The Bertz CT molecular complexity index is 327. The number of hydrogen-bond donors (Lipinski definition) is 1. The third-order valence-corrected chi connectivity index (χ3v) is 3.47. The van der Waals surface area contributed by atoms with Crippen molar-refractivity contribution in [3.8, 4) is 0 Å². The largest absolute Gasteiger partial charge is 0.315 e. The van der Waals surface area contributed by atoms with Crippen molar-refractivity contribution in [2.45, 2.75) is 19.0 Å². The molecule has 0 aliphatic carbocycles. The summed E-state index contributed by atoms with van der Waals surface area (Å²) in [4.78, 5) is 2.43. The van der Waals surface area contributed by atoms with Crippen LogP contribution in [0.1, 0.15) is 12.0 Å². The van der Waals surface area contributed by atoms with E-state index in [0.29, 0.717) is 6.04 Å². The fourth-order valence-corrected chi connectivity index (χ4v) is 2.51. The number of benzene rings is 1. The van der Waals surface area contributed by atoms with Crippen LogP contribution < -0.4 is 5.32 Å². The summed E-state index contributed by atoms with van der Waals surface area (Å²) < 4.78 is 1.16. The first-order valence-electron chi connectivity index (χ1n) is 5.41. The van der Waals surface area contributed by atoms with Crippen molar-refractivity contribution < 1.29 is 0 Å². The molecule has 2 nitrogen and oxygen atoms in total. The van der Waals surface area contributed by atoms with E-state index in [1.165, 1.54) is 12.0 Å². The van der Waals surface area contributed by atoms with Gasteiger partial charge in [0, 0.05) is 23.6 Å². The normalized spacial score (nSPS) is 19.8. The highest BCUT2D eigenvalue weighted by Crippen LogP contribution is 2.15. The zero-order chi connectivity index (χ0) is 10.7. The molecule has 1 heterocycles. The molecule has 0 bridgehead atoms. The second-order valence-electron chi connectivity index (χ2n) is 4.19. The van der Waals surface area contributed by atoms with Crippen LogP contribution in [0.2, 0.25) is 0 Å². The van der Waals surface area contributed by atoms with Gasteiger partial charge in [0.1, 0.15) is 0 Å². The van der Waals surface area contributed by atoms with Crippen LogP contribution in [0.15, 0.2) is 28.7 Å². The first-order valence-corrected chi connectivity index (χ1v) is 6.20. The molecule has 1 aliphatic rings. The van der Waals surface area contributed by atoms with Crippen LogP contribution >= 0.6 is 28.3 Å². The molecular weight excluding hydrogens is 288 g/mol. The first-order chi connectivity index (χ1) is 7.25. The average molecular weight is 306 g/mol. The molecule has 0 radical (unpaired) electrons. The van der Waals surface area contributed by atoms with Crippen LogP contribution in [0.4, 0.5) is 0 Å². The molecule has 1 aromatic carbocycles. The lowest BCUT2D eigenvalue weighted by atomic mass is 10.1. The highest BCUT2D eigenvalue weighted by molar-refractivity contribution is 9.10. The van der Waals surface area contributed by atoms with Crippen LogP contribution in [0.3, 0.4) is 0 Å². The van der Waals surface area contributed by atoms with Gasteiger partial charge in [-0.25, -0.2) is 0 Å². The molecule has 1 aromatic rings. The van der Waals surface area contributed by atoms with E-state index < -0.39 is 0 Å². The van der Waals surface area contributed by atoms with Crippen molar-refractivity contribution in [2.24, 2.45) is 0 Å². The monoisotopic (exact) mass is 304 g/mol. The Hall–Kier alpha value is -0.0900. The third-order valence-electron chi connectivity index (χ3n) is 2.98. The van der Waals surface area contributed by atoms with Gasteiger partial charge in [-0.3, -0.25) is 4.90 Å². The number of nitrogens with one attached hydrogen (secondary N) is 1. The lowest BCUT2D eigenvalue weighted by Crippen LogP contribution is -2.32. The third kappa shape index (κ3) is 3.74. The smallest absolute Gasteiger partial charge is 0.0234 e. The van der Waals surface area contributed by atoms with Gasteiger partial charge in [-0.1, -0.05) is 28.1 Å². The van der Waals surface area contributed by atoms with Gasteiger partial charge >= 0.3 is 0 Å². The maximum absolute atomic E-state index is 3.50. The van der Waals surface area contributed by atoms with Crippen LogP contribution in [0, 0.1) is 0 Å². The standard InChI is InChI=1S/C12H17BrN2.ClH/c1-15(12-5-6-14-8-12)9-10-3-2-4-11(13)7-10;/h2-4,7,12,14H,5-6,8-9H2,1H3;1H. The lowest BCUT2D eigenvalue weighted by molar-refractivity contribution is 0.249. The van der Waals surface area contributed by atoms with E-state index in [0.717, 1.165) is 24.1 Å². The molecule has 4 heteroatoms. The SMILES string of the molecule is CN(Cc1cccc(Br)c1)C1CCNC1.Cl. The maximum Gasteiger partial charge on any atom is 0.0234 e. The topological polar surface area (TPSA) is 15.3 Å². The Morgan fingerprint density at radius 3 is 2.94 bits per heavy atom. The van der Waals surface area contributed by atoms with Crippen molar-refractivity contribution in [3.63, 3.8) is 0 Å². The Morgan fingerprint density at radius 2 is 2.31 bits per heavy atom. The summed E-state index contributed by atoms with van der Waals surface area (Å²) >= 11 is 3.50. The number of hydrogen-bond acceptors (Lipinski definition) is 2. The van der Waals surface area contributed by atoms with Crippen molar-refractivity contribution >= 4 is 28.3 Å². The molecule has 1 N–H and O–H groups in total. The highest BCUT2D eigenvalue weighted by atomic mass is 79.9. The van der Waals surface area contributed by atoms with Crippen LogP contribution in [0.25, 0.3) is 0 Å². The summed E-state index contributed by atoms with van der Waals surface area (Å²) in [6.07, 6.45) is 1.27. The van der Waals surface area contributed by atoms with Gasteiger partial charge in [-0.2, -0.15) is 0 Å². The molecular formula is C12H18BrClN2. The van der Waals surface area contributed by atoms with Crippen molar-refractivity contribution in [2.75, 3.05) is 20.1 Å². The van der Waals surface area contributed by atoms with Crippen LogP contribution in [0.5, 0.6) is 0 Å². The van der Waals surface area contributed by atoms with E-state index in [1.54, 1.807) is 0 Å². The predicted molar refractivity (Wildman–Crippen MR) is 74.1 cm³/mol. The summed E-state index contributed by atoms with van der Waals surface area (Å²) in [6.45, 7) is 3.32. The van der Waals surface area contributed by atoms with E-state index in [-0.39, 0.29) is 12.4 Å². The predicted octanol–water partition coefficient (Wildman–Crippen LogP) is 2.66. The summed E-state index contributed by atoms with van der Waals surface area (Å²) in [5.74, 6) is 0. The molecule has 1 unspecified atom stereocenters. The molecule has 0 aromatic heterocycles. The number of rotatable bonds is 3. The second kappa shape index (κ2) is 6.60. The average Bonchev–Trinajstić information content (AvgIpc) is 2.70. The Kier molecular flexibility index (Phi) is 5.76. The lowest BCUT2D eigenvalue weighted by Gasteiger charge is -2.23. The zero-order valence-electron chi connectivity index (χ0n) is 9.45. The molecule has 0 amide bonds. The Morgan fingerprint density at radius 1 is 1.50 bits per heavy atom. The van der Waals surface area contributed by atoms with Crippen molar-refractivity contribution in [3.05, 3.63) is 34.3 Å².